The number of rotatable bonds is 6. The van der Waals surface area contributed by atoms with Crippen molar-refractivity contribution in [3.8, 4) is 5.75 Å². The number of benzene rings is 1. The van der Waals surface area contributed by atoms with Crippen LogP contribution in [0.1, 0.15) is 37.3 Å². The first kappa shape index (κ1) is 16.0. The number of ether oxygens (including phenoxy) is 1. The molecule has 0 fully saturated rings. The minimum Gasteiger partial charge on any atom is -0.483 e. The number of pyridine rings is 1. The Kier molecular flexibility index (Phi) is 5.53. The monoisotopic (exact) mass is 298 g/mol. The lowest BCUT2D eigenvalue weighted by atomic mass is 9.98. The maximum atomic E-state index is 11.9. The Bertz CT molecular complexity index is 623. The predicted octanol–water partition coefficient (Wildman–Crippen LogP) is 3.92. The van der Waals surface area contributed by atoms with Gasteiger partial charge in [-0.15, -0.1) is 0 Å². The lowest BCUT2D eigenvalue weighted by Gasteiger charge is -2.15. The van der Waals surface area contributed by atoms with Crippen LogP contribution < -0.4 is 10.1 Å². The fourth-order valence-corrected chi connectivity index (χ4v) is 2.10. The summed E-state index contributed by atoms with van der Waals surface area (Å²) < 4.78 is 5.68. The number of carbonyl (C=O) groups is 1. The highest BCUT2D eigenvalue weighted by atomic mass is 16.5. The normalized spacial score (nSPS) is 11.8. The zero-order valence-corrected chi connectivity index (χ0v) is 13.3. The van der Waals surface area contributed by atoms with Crippen LogP contribution in [0.2, 0.25) is 0 Å². The summed E-state index contributed by atoms with van der Waals surface area (Å²) in [7, 11) is 0. The van der Waals surface area contributed by atoms with E-state index in [2.05, 4.69) is 24.1 Å². The molecule has 0 aliphatic rings. The van der Waals surface area contributed by atoms with Gasteiger partial charge >= 0.3 is 0 Å². The van der Waals surface area contributed by atoms with Gasteiger partial charge in [0, 0.05) is 6.20 Å². The van der Waals surface area contributed by atoms with Crippen molar-refractivity contribution in [3.63, 3.8) is 0 Å². The molecule has 0 aliphatic carbocycles. The van der Waals surface area contributed by atoms with Crippen molar-refractivity contribution in [1.29, 1.82) is 0 Å². The maximum absolute atomic E-state index is 11.9. The van der Waals surface area contributed by atoms with Crippen molar-refractivity contribution in [2.75, 3.05) is 11.9 Å². The second-order valence-corrected chi connectivity index (χ2v) is 5.40. The van der Waals surface area contributed by atoms with Crippen LogP contribution in [0.4, 0.5) is 5.82 Å². The Morgan fingerprint density at radius 1 is 1.27 bits per heavy atom. The summed E-state index contributed by atoms with van der Waals surface area (Å²) in [5.74, 6) is 1.49. The van der Waals surface area contributed by atoms with Gasteiger partial charge in [0.15, 0.2) is 6.61 Å². The van der Waals surface area contributed by atoms with Crippen molar-refractivity contribution in [3.05, 3.63) is 53.7 Å². The van der Waals surface area contributed by atoms with E-state index in [9.17, 15) is 4.79 Å². The number of carbonyl (C=O) groups excluding carboxylic acids is 1. The molecule has 1 aromatic heterocycles. The SMILES string of the molecule is CCC(C)c1ccccc1OCC(=O)Nc1ccc(C)cn1. The molecule has 4 heteroatoms. The molecule has 0 saturated carbocycles. The Morgan fingerprint density at radius 3 is 2.73 bits per heavy atom. The first-order valence-corrected chi connectivity index (χ1v) is 7.54. The van der Waals surface area contributed by atoms with Gasteiger partial charge in [-0.2, -0.15) is 0 Å². The van der Waals surface area contributed by atoms with E-state index in [1.807, 2.05) is 37.3 Å². The number of hydrogen-bond donors (Lipinski definition) is 1. The molecule has 0 bridgehead atoms. The Hall–Kier alpha value is -2.36. The highest BCUT2D eigenvalue weighted by Gasteiger charge is 2.11. The van der Waals surface area contributed by atoms with E-state index in [4.69, 9.17) is 4.74 Å². The fourth-order valence-electron chi connectivity index (χ4n) is 2.10. The van der Waals surface area contributed by atoms with E-state index in [1.165, 1.54) is 0 Å². The van der Waals surface area contributed by atoms with E-state index >= 15 is 0 Å². The van der Waals surface area contributed by atoms with E-state index in [0.717, 1.165) is 23.3 Å². The molecule has 0 aliphatic heterocycles. The van der Waals surface area contributed by atoms with Gasteiger partial charge in [0.05, 0.1) is 0 Å². The molecule has 1 N–H and O–H groups in total. The third kappa shape index (κ3) is 4.32. The van der Waals surface area contributed by atoms with Crippen molar-refractivity contribution >= 4 is 11.7 Å². The smallest absolute Gasteiger partial charge is 0.263 e. The zero-order valence-electron chi connectivity index (χ0n) is 13.3. The Labute approximate surface area is 131 Å². The summed E-state index contributed by atoms with van der Waals surface area (Å²) in [6, 6.07) is 11.5. The number of anilines is 1. The summed E-state index contributed by atoms with van der Waals surface area (Å²) in [5, 5.41) is 2.73. The van der Waals surface area contributed by atoms with Gasteiger partial charge in [-0.25, -0.2) is 4.98 Å². The first-order valence-electron chi connectivity index (χ1n) is 7.54. The molecule has 2 rings (SSSR count). The second-order valence-electron chi connectivity index (χ2n) is 5.40. The summed E-state index contributed by atoms with van der Waals surface area (Å²) in [4.78, 5) is 16.1. The van der Waals surface area contributed by atoms with Gasteiger partial charge in [-0.05, 0) is 42.5 Å². The lowest BCUT2D eigenvalue weighted by Crippen LogP contribution is -2.21. The maximum Gasteiger partial charge on any atom is 0.263 e. The van der Waals surface area contributed by atoms with Crippen LogP contribution >= 0.6 is 0 Å². The van der Waals surface area contributed by atoms with Crippen LogP contribution in [-0.4, -0.2) is 17.5 Å². The van der Waals surface area contributed by atoms with Gasteiger partial charge in [-0.3, -0.25) is 4.79 Å². The van der Waals surface area contributed by atoms with Crippen LogP contribution in [0.3, 0.4) is 0 Å². The average Bonchev–Trinajstić information content (AvgIpc) is 2.54. The van der Waals surface area contributed by atoms with Crippen LogP contribution in [0.5, 0.6) is 5.75 Å². The number of nitrogens with zero attached hydrogens (tertiary/aromatic N) is 1. The van der Waals surface area contributed by atoms with Gasteiger partial charge < -0.3 is 10.1 Å². The average molecular weight is 298 g/mol. The summed E-state index contributed by atoms with van der Waals surface area (Å²) in [6.07, 6.45) is 2.74. The number of para-hydroxylation sites is 1. The third-order valence-corrected chi connectivity index (χ3v) is 3.60. The highest BCUT2D eigenvalue weighted by molar-refractivity contribution is 5.90. The van der Waals surface area contributed by atoms with Gasteiger partial charge in [-0.1, -0.05) is 38.1 Å². The van der Waals surface area contributed by atoms with Crippen LogP contribution in [0, 0.1) is 6.92 Å². The predicted molar refractivity (Wildman–Crippen MR) is 88.2 cm³/mol. The second kappa shape index (κ2) is 7.59. The van der Waals surface area contributed by atoms with Crippen molar-refractivity contribution in [2.24, 2.45) is 0 Å². The first-order chi connectivity index (χ1) is 10.6. The van der Waals surface area contributed by atoms with E-state index in [1.54, 1.807) is 12.3 Å². The van der Waals surface area contributed by atoms with Crippen LogP contribution in [-0.2, 0) is 4.79 Å². The zero-order chi connectivity index (χ0) is 15.9. The molecule has 1 amide bonds. The third-order valence-electron chi connectivity index (χ3n) is 3.60. The topological polar surface area (TPSA) is 51.2 Å². The van der Waals surface area contributed by atoms with E-state index in [0.29, 0.717) is 11.7 Å². The van der Waals surface area contributed by atoms with Crippen molar-refractivity contribution in [1.82, 2.24) is 4.98 Å². The minimum absolute atomic E-state index is 0.0248. The summed E-state index contributed by atoms with van der Waals surface area (Å²) >= 11 is 0. The molecule has 0 spiro atoms. The van der Waals surface area contributed by atoms with Gasteiger partial charge in [0.1, 0.15) is 11.6 Å². The molecular formula is C18H22N2O2. The quantitative estimate of drug-likeness (QED) is 0.879. The van der Waals surface area contributed by atoms with Crippen molar-refractivity contribution in [2.45, 2.75) is 33.1 Å². The standard InChI is InChI=1S/C18H22N2O2/c1-4-14(3)15-7-5-6-8-16(15)22-12-18(21)20-17-10-9-13(2)11-19-17/h5-11,14H,4,12H2,1-3H3,(H,19,20,21). The Morgan fingerprint density at radius 2 is 2.05 bits per heavy atom. The molecule has 1 unspecified atom stereocenters. The molecular weight excluding hydrogens is 276 g/mol. The largest absolute Gasteiger partial charge is 0.483 e. The molecule has 0 saturated heterocycles. The molecule has 22 heavy (non-hydrogen) atoms. The molecule has 0 radical (unpaired) electrons. The van der Waals surface area contributed by atoms with Crippen LogP contribution in [0.15, 0.2) is 42.6 Å². The van der Waals surface area contributed by atoms with E-state index in [-0.39, 0.29) is 12.5 Å². The minimum atomic E-state index is -0.213. The number of nitrogens with one attached hydrogen (secondary N) is 1. The number of amides is 1. The lowest BCUT2D eigenvalue weighted by molar-refractivity contribution is -0.118. The Balaban J connectivity index is 1.95. The molecule has 1 aromatic carbocycles. The number of hydrogen-bond acceptors (Lipinski definition) is 3. The summed E-state index contributed by atoms with van der Waals surface area (Å²) in [5.41, 5.74) is 2.18. The molecule has 1 heterocycles. The highest BCUT2D eigenvalue weighted by Crippen LogP contribution is 2.28. The number of aryl methyl sites for hydroxylation is 1. The molecule has 116 valence electrons. The van der Waals surface area contributed by atoms with E-state index < -0.39 is 0 Å². The molecule has 1 atom stereocenters. The molecule has 2 aromatic rings. The fraction of sp³-hybridized carbons (Fsp3) is 0.333. The van der Waals surface area contributed by atoms with Gasteiger partial charge in [0.25, 0.3) is 5.91 Å². The summed E-state index contributed by atoms with van der Waals surface area (Å²) in [6.45, 7) is 6.21. The number of aromatic nitrogens is 1. The van der Waals surface area contributed by atoms with Crippen molar-refractivity contribution < 1.29 is 9.53 Å². The molecule has 4 nitrogen and oxygen atoms in total. The van der Waals surface area contributed by atoms with Crippen LogP contribution in [0.25, 0.3) is 0 Å². The van der Waals surface area contributed by atoms with Gasteiger partial charge in [0.2, 0.25) is 0 Å².